The van der Waals surface area contributed by atoms with Gasteiger partial charge in [0.25, 0.3) is 5.56 Å². The Labute approximate surface area is 147 Å². The summed E-state index contributed by atoms with van der Waals surface area (Å²) in [6, 6.07) is 14.8. The number of nitrogens with zero attached hydrogens (tertiary/aromatic N) is 2. The van der Waals surface area contributed by atoms with Gasteiger partial charge in [0.2, 0.25) is 5.91 Å². The van der Waals surface area contributed by atoms with Gasteiger partial charge in [0.15, 0.2) is 0 Å². The van der Waals surface area contributed by atoms with Crippen molar-refractivity contribution in [1.29, 1.82) is 0 Å². The maximum atomic E-state index is 12.8. The first-order valence-electron chi connectivity index (χ1n) is 8.90. The van der Waals surface area contributed by atoms with E-state index in [9.17, 15) is 9.59 Å². The van der Waals surface area contributed by atoms with Crippen molar-refractivity contribution in [2.45, 2.75) is 31.3 Å². The number of rotatable bonds is 3. The van der Waals surface area contributed by atoms with Gasteiger partial charge in [-0.15, -0.1) is 0 Å². The quantitative estimate of drug-likeness (QED) is 0.920. The fourth-order valence-corrected chi connectivity index (χ4v) is 4.27. The molecule has 2 aliphatic rings. The van der Waals surface area contributed by atoms with Crippen LogP contribution in [0.25, 0.3) is 0 Å². The Morgan fingerprint density at radius 1 is 1.08 bits per heavy atom. The lowest BCUT2D eigenvalue weighted by Gasteiger charge is -2.43. The Bertz CT molecular complexity index is 830. The average Bonchev–Trinajstić information content (AvgIpc) is 2.63. The fourth-order valence-electron chi connectivity index (χ4n) is 4.27. The van der Waals surface area contributed by atoms with Crippen LogP contribution in [0.2, 0.25) is 0 Å². The van der Waals surface area contributed by atoms with Crippen LogP contribution in [0.4, 0.5) is 0 Å². The van der Waals surface area contributed by atoms with E-state index in [1.165, 1.54) is 0 Å². The number of piperidine rings is 1. The molecule has 3 heterocycles. The number of amides is 1. The highest BCUT2D eigenvalue weighted by Crippen LogP contribution is 2.35. The molecule has 4 rings (SSSR count). The van der Waals surface area contributed by atoms with Crippen molar-refractivity contribution in [2.75, 3.05) is 13.1 Å². The van der Waals surface area contributed by atoms with Gasteiger partial charge in [0, 0.05) is 37.3 Å². The summed E-state index contributed by atoms with van der Waals surface area (Å²) in [6.07, 6.45) is 1.60. The molecule has 0 aliphatic carbocycles. The van der Waals surface area contributed by atoms with Crippen LogP contribution in [-0.2, 0) is 17.8 Å². The van der Waals surface area contributed by atoms with Crippen LogP contribution in [0.3, 0.4) is 0 Å². The molecule has 5 nitrogen and oxygen atoms in total. The van der Waals surface area contributed by atoms with E-state index in [1.54, 1.807) is 6.07 Å². The Morgan fingerprint density at radius 3 is 2.68 bits per heavy atom. The van der Waals surface area contributed by atoms with Crippen LogP contribution in [0.15, 0.2) is 53.3 Å². The van der Waals surface area contributed by atoms with Crippen molar-refractivity contribution < 1.29 is 4.79 Å². The normalized spacial score (nSPS) is 23.0. The third-order valence-electron chi connectivity index (χ3n) is 5.41. The second-order valence-electron chi connectivity index (χ2n) is 7.24. The number of pyridine rings is 1. The maximum absolute atomic E-state index is 12.8. The van der Waals surface area contributed by atoms with Crippen LogP contribution >= 0.6 is 0 Å². The zero-order chi connectivity index (χ0) is 17.4. The third kappa shape index (κ3) is 3.12. The number of carbonyl (C=O) groups is 1. The zero-order valence-corrected chi connectivity index (χ0v) is 14.2. The summed E-state index contributed by atoms with van der Waals surface area (Å²) in [5.41, 5.74) is 8.40. The predicted octanol–water partition coefficient (Wildman–Crippen LogP) is 1.36. The van der Waals surface area contributed by atoms with Gasteiger partial charge < -0.3 is 15.2 Å². The van der Waals surface area contributed by atoms with Crippen LogP contribution in [0, 0.1) is 5.92 Å². The minimum absolute atomic E-state index is 0.0188. The van der Waals surface area contributed by atoms with E-state index in [1.807, 2.05) is 51.9 Å². The second kappa shape index (κ2) is 6.48. The number of hydrogen-bond acceptors (Lipinski definition) is 3. The fraction of sp³-hybridized carbons (Fsp3) is 0.400. The molecule has 0 spiro atoms. The highest BCUT2D eigenvalue weighted by Gasteiger charge is 2.37. The second-order valence-corrected chi connectivity index (χ2v) is 7.24. The third-order valence-corrected chi connectivity index (χ3v) is 5.41. The molecule has 0 radical (unpaired) electrons. The molecule has 5 heteroatoms. The molecule has 3 atom stereocenters. The first-order chi connectivity index (χ1) is 12.1. The number of benzene rings is 1. The summed E-state index contributed by atoms with van der Waals surface area (Å²) < 4.78 is 1.88. The van der Waals surface area contributed by atoms with Gasteiger partial charge >= 0.3 is 0 Å². The molecule has 0 unspecified atom stereocenters. The van der Waals surface area contributed by atoms with Crippen LogP contribution in [0.1, 0.15) is 23.6 Å². The van der Waals surface area contributed by atoms with Crippen molar-refractivity contribution in [2.24, 2.45) is 11.7 Å². The van der Waals surface area contributed by atoms with Crippen molar-refractivity contribution in [3.63, 3.8) is 0 Å². The predicted molar refractivity (Wildman–Crippen MR) is 96.3 cm³/mol. The van der Waals surface area contributed by atoms with E-state index < -0.39 is 6.04 Å². The average molecular weight is 337 g/mol. The summed E-state index contributed by atoms with van der Waals surface area (Å²) in [7, 11) is 0. The van der Waals surface area contributed by atoms with Crippen LogP contribution in [0.5, 0.6) is 0 Å². The summed E-state index contributed by atoms with van der Waals surface area (Å²) in [6.45, 7) is 2.04. The van der Waals surface area contributed by atoms with Crippen molar-refractivity contribution in [3.05, 3.63) is 70.1 Å². The number of fused-ring (bicyclic) bond motifs is 4. The highest BCUT2D eigenvalue weighted by molar-refractivity contribution is 5.82. The SMILES string of the molecule is N[C@@H](Cc1ccccc1)C(=O)N1C[C@H]2C[C@@H](C1)c1cccc(=O)n1C2. The van der Waals surface area contributed by atoms with E-state index in [2.05, 4.69) is 0 Å². The van der Waals surface area contributed by atoms with Gasteiger partial charge in [-0.3, -0.25) is 9.59 Å². The number of nitrogens with two attached hydrogens (primary N) is 1. The number of carbonyl (C=O) groups excluding carboxylic acids is 1. The van der Waals surface area contributed by atoms with Crippen LogP contribution < -0.4 is 11.3 Å². The minimum atomic E-state index is -0.515. The van der Waals surface area contributed by atoms with Gasteiger partial charge in [-0.25, -0.2) is 0 Å². The van der Waals surface area contributed by atoms with Gasteiger partial charge in [-0.05, 0) is 30.4 Å². The largest absolute Gasteiger partial charge is 0.340 e. The molecule has 1 saturated heterocycles. The van der Waals surface area contributed by atoms with Gasteiger partial charge in [-0.1, -0.05) is 36.4 Å². The Balaban J connectivity index is 1.50. The van der Waals surface area contributed by atoms with Crippen molar-refractivity contribution >= 4 is 5.91 Å². The molecule has 25 heavy (non-hydrogen) atoms. The number of hydrogen-bond donors (Lipinski definition) is 1. The van der Waals surface area contributed by atoms with E-state index in [-0.39, 0.29) is 17.4 Å². The molecule has 1 aromatic heterocycles. The van der Waals surface area contributed by atoms with E-state index in [0.29, 0.717) is 32.0 Å². The molecule has 1 fully saturated rings. The van der Waals surface area contributed by atoms with Crippen LogP contribution in [-0.4, -0.2) is 34.5 Å². The molecule has 0 saturated carbocycles. The summed E-state index contributed by atoms with van der Waals surface area (Å²) >= 11 is 0. The zero-order valence-electron chi connectivity index (χ0n) is 14.2. The molecular weight excluding hydrogens is 314 g/mol. The van der Waals surface area contributed by atoms with Gasteiger partial charge in [-0.2, -0.15) is 0 Å². The van der Waals surface area contributed by atoms with E-state index >= 15 is 0 Å². The summed E-state index contributed by atoms with van der Waals surface area (Å²) in [4.78, 5) is 26.8. The molecule has 1 amide bonds. The first-order valence-corrected chi connectivity index (χ1v) is 8.90. The van der Waals surface area contributed by atoms with Crippen molar-refractivity contribution in [1.82, 2.24) is 9.47 Å². The molecule has 130 valence electrons. The first kappa shape index (κ1) is 16.1. The topological polar surface area (TPSA) is 68.3 Å². The Hall–Kier alpha value is -2.40. The van der Waals surface area contributed by atoms with E-state index in [4.69, 9.17) is 5.73 Å². The molecule has 1 aromatic carbocycles. The lowest BCUT2D eigenvalue weighted by molar-refractivity contribution is -0.135. The Morgan fingerprint density at radius 2 is 1.88 bits per heavy atom. The number of likely N-dealkylation sites (tertiary alicyclic amines) is 1. The van der Waals surface area contributed by atoms with Gasteiger partial charge in [0.1, 0.15) is 0 Å². The summed E-state index contributed by atoms with van der Waals surface area (Å²) in [5, 5.41) is 0. The minimum Gasteiger partial charge on any atom is -0.340 e. The highest BCUT2D eigenvalue weighted by atomic mass is 16.2. The molecule has 2 aromatic rings. The lowest BCUT2D eigenvalue weighted by Crippen LogP contribution is -2.53. The molecule has 2 aliphatic heterocycles. The number of aromatic nitrogens is 1. The monoisotopic (exact) mass is 337 g/mol. The van der Waals surface area contributed by atoms with Gasteiger partial charge in [0.05, 0.1) is 6.04 Å². The molecule has 2 N–H and O–H groups in total. The molecular formula is C20H23N3O2. The lowest BCUT2D eigenvalue weighted by atomic mass is 9.83. The summed E-state index contributed by atoms with van der Waals surface area (Å²) in [5.74, 6) is 0.582. The Kier molecular flexibility index (Phi) is 4.17. The van der Waals surface area contributed by atoms with E-state index in [0.717, 1.165) is 17.7 Å². The van der Waals surface area contributed by atoms with Crippen molar-refractivity contribution in [3.8, 4) is 0 Å². The standard InChI is InChI=1S/C20H23N3O2/c21-17(10-14-5-2-1-3-6-14)20(25)22-11-15-9-16(13-22)18-7-4-8-19(24)23(18)12-15/h1-8,15-17H,9-13,21H2/t15-,16+,17+/m1/s1. The maximum Gasteiger partial charge on any atom is 0.250 e. The smallest absolute Gasteiger partial charge is 0.250 e. The molecule has 2 bridgehead atoms.